The van der Waals surface area contributed by atoms with Crippen LogP contribution in [0.5, 0.6) is 0 Å². The third kappa shape index (κ3) is 8.03. The van der Waals surface area contributed by atoms with Gasteiger partial charge in [-0.25, -0.2) is 0 Å². The molecule has 1 saturated heterocycles. The maximum Gasteiger partial charge on any atom is 0.0477 e. The van der Waals surface area contributed by atoms with Crippen LogP contribution in [0.1, 0.15) is 26.2 Å². The topological polar surface area (TPSA) is 33.7 Å². The van der Waals surface area contributed by atoms with Crippen LogP contribution in [-0.4, -0.2) is 64.6 Å². The van der Waals surface area contributed by atoms with Crippen molar-refractivity contribution >= 4 is 0 Å². The highest BCUT2D eigenvalue weighted by Crippen LogP contribution is 2.15. The Hall–Kier alpha value is -0.160. The van der Waals surface area contributed by atoms with E-state index < -0.39 is 0 Å². The molecule has 1 rings (SSSR count). The Labute approximate surface area is 112 Å². The van der Waals surface area contributed by atoms with Gasteiger partial charge in [0.1, 0.15) is 0 Å². The molecule has 108 valence electrons. The summed E-state index contributed by atoms with van der Waals surface area (Å²) in [7, 11) is 2.22. The van der Waals surface area contributed by atoms with Crippen molar-refractivity contribution in [2.75, 3.05) is 59.7 Å². The zero-order valence-corrected chi connectivity index (χ0v) is 12.1. The highest BCUT2D eigenvalue weighted by molar-refractivity contribution is 4.67. The maximum atomic E-state index is 5.38. The SMILES string of the molecule is CCOCCCNCCN(C)CC1CCOCC1. The minimum Gasteiger partial charge on any atom is -0.382 e. The van der Waals surface area contributed by atoms with E-state index in [1.165, 1.54) is 19.4 Å². The third-order valence-corrected chi connectivity index (χ3v) is 3.43. The highest BCUT2D eigenvalue weighted by Gasteiger charge is 2.15. The van der Waals surface area contributed by atoms with Crippen molar-refractivity contribution in [3.63, 3.8) is 0 Å². The number of likely N-dealkylation sites (N-methyl/N-ethyl adjacent to an activating group) is 1. The molecule has 4 nitrogen and oxygen atoms in total. The zero-order chi connectivity index (χ0) is 13.1. The number of rotatable bonds is 10. The van der Waals surface area contributed by atoms with Crippen molar-refractivity contribution in [1.29, 1.82) is 0 Å². The molecule has 0 amide bonds. The Balaban J connectivity index is 1.88. The molecule has 1 heterocycles. The van der Waals surface area contributed by atoms with Crippen molar-refractivity contribution in [1.82, 2.24) is 10.2 Å². The summed E-state index contributed by atoms with van der Waals surface area (Å²) < 4.78 is 10.7. The van der Waals surface area contributed by atoms with Crippen LogP contribution in [0.2, 0.25) is 0 Å². The first-order chi connectivity index (χ1) is 8.83. The average molecular weight is 258 g/mol. The van der Waals surface area contributed by atoms with E-state index in [1.54, 1.807) is 0 Å². The summed E-state index contributed by atoms with van der Waals surface area (Å²) in [6, 6.07) is 0. The first-order valence-corrected chi connectivity index (χ1v) is 7.37. The first kappa shape index (κ1) is 15.9. The van der Waals surface area contributed by atoms with Crippen molar-refractivity contribution in [2.45, 2.75) is 26.2 Å². The molecule has 0 spiro atoms. The van der Waals surface area contributed by atoms with Crippen LogP contribution in [0.25, 0.3) is 0 Å². The van der Waals surface area contributed by atoms with Crippen molar-refractivity contribution in [3.8, 4) is 0 Å². The lowest BCUT2D eigenvalue weighted by Crippen LogP contribution is -2.34. The summed E-state index contributed by atoms with van der Waals surface area (Å²) in [4.78, 5) is 2.44. The van der Waals surface area contributed by atoms with E-state index in [-0.39, 0.29) is 0 Å². The molecule has 18 heavy (non-hydrogen) atoms. The molecule has 0 radical (unpaired) electrons. The van der Waals surface area contributed by atoms with Crippen LogP contribution in [0, 0.1) is 5.92 Å². The lowest BCUT2D eigenvalue weighted by Gasteiger charge is -2.27. The van der Waals surface area contributed by atoms with Gasteiger partial charge in [-0.1, -0.05) is 0 Å². The quantitative estimate of drug-likeness (QED) is 0.600. The second-order valence-electron chi connectivity index (χ2n) is 5.12. The maximum absolute atomic E-state index is 5.38. The second-order valence-corrected chi connectivity index (χ2v) is 5.12. The fraction of sp³-hybridized carbons (Fsp3) is 1.00. The summed E-state index contributed by atoms with van der Waals surface area (Å²) in [5.74, 6) is 0.835. The van der Waals surface area contributed by atoms with Gasteiger partial charge in [0.15, 0.2) is 0 Å². The van der Waals surface area contributed by atoms with Crippen LogP contribution in [0.15, 0.2) is 0 Å². The van der Waals surface area contributed by atoms with Gasteiger partial charge in [0.05, 0.1) is 0 Å². The molecule has 1 aliphatic heterocycles. The van der Waals surface area contributed by atoms with E-state index >= 15 is 0 Å². The number of nitrogens with one attached hydrogen (secondary N) is 1. The van der Waals surface area contributed by atoms with E-state index in [1.807, 2.05) is 6.92 Å². The molecular formula is C14H30N2O2. The molecular weight excluding hydrogens is 228 g/mol. The Morgan fingerprint density at radius 1 is 1.28 bits per heavy atom. The molecule has 1 aliphatic rings. The van der Waals surface area contributed by atoms with E-state index in [2.05, 4.69) is 17.3 Å². The van der Waals surface area contributed by atoms with Gasteiger partial charge in [-0.05, 0) is 45.7 Å². The van der Waals surface area contributed by atoms with E-state index in [9.17, 15) is 0 Å². The number of hydrogen-bond acceptors (Lipinski definition) is 4. The van der Waals surface area contributed by atoms with Crippen LogP contribution in [0.4, 0.5) is 0 Å². The van der Waals surface area contributed by atoms with Crippen LogP contribution >= 0.6 is 0 Å². The predicted octanol–water partition coefficient (Wildman–Crippen LogP) is 1.36. The molecule has 0 bridgehead atoms. The molecule has 4 heteroatoms. The van der Waals surface area contributed by atoms with Crippen LogP contribution in [-0.2, 0) is 9.47 Å². The first-order valence-electron chi connectivity index (χ1n) is 7.37. The van der Waals surface area contributed by atoms with Gasteiger partial charge < -0.3 is 19.7 Å². The van der Waals surface area contributed by atoms with Crippen molar-refractivity contribution in [2.24, 2.45) is 5.92 Å². The Morgan fingerprint density at radius 2 is 2.06 bits per heavy atom. The summed E-state index contributed by atoms with van der Waals surface area (Å²) in [5, 5.41) is 3.47. The van der Waals surface area contributed by atoms with Gasteiger partial charge >= 0.3 is 0 Å². The van der Waals surface area contributed by atoms with Gasteiger partial charge in [0, 0.05) is 46.1 Å². The Kier molecular flexibility index (Phi) is 9.48. The largest absolute Gasteiger partial charge is 0.382 e. The van der Waals surface area contributed by atoms with Gasteiger partial charge in [0.25, 0.3) is 0 Å². The Morgan fingerprint density at radius 3 is 2.78 bits per heavy atom. The van der Waals surface area contributed by atoms with E-state index in [0.29, 0.717) is 0 Å². The molecule has 0 aromatic carbocycles. The molecule has 1 N–H and O–H groups in total. The monoisotopic (exact) mass is 258 g/mol. The lowest BCUT2D eigenvalue weighted by molar-refractivity contribution is 0.0558. The Bertz CT molecular complexity index is 185. The van der Waals surface area contributed by atoms with E-state index in [0.717, 1.165) is 58.4 Å². The average Bonchev–Trinajstić information content (AvgIpc) is 2.39. The zero-order valence-electron chi connectivity index (χ0n) is 12.1. The highest BCUT2D eigenvalue weighted by atomic mass is 16.5. The summed E-state index contributed by atoms with van der Waals surface area (Å²) in [5.41, 5.74) is 0. The van der Waals surface area contributed by atoms with Crippen LogP contribution < -0.4 is 5.32 Å². The van der Waals surface area contributed by atoms with Gasteiger partial charge in [0.2, 0.25) is 0 Å². The second kappa shape index (κ2) is 10.7. The molecule has 0 aromatic rings. The molecule has 0 aliphatic carbocycles. The number of nitrogens with zero attached hydrogens (tertiary/aromatic N) is 1. The normalized spacial score (nSPS) is 17.5. The van der Waals surface area contributed by atoms with Crippen LogP contribution in [0.3, 0.4) is 0 Å². The fourth-order valence-electron chi connectivity index (χ4n) is 2.30. The lowest BCUT2D eigenvalue weighted by atomic mass is 10.00. The third-order valence-electron chi connectivity index (χ3n) is 3.43. The summed E-state index contributed by atoms with van der Waals surface area (Å²) in [6.07, 6.45) is 3.57. The molecule has 0 atom stereocenters. The summed E-state index contributed by atoms with van der Waals surface area (Å²) in [6.45, 7) is 10.1. The number of hydrogen-bond donors (Lipinski definition) is 1. The smallest absolute Gasteiger partial charge is 0.0477 e. The van der Waals surface area contributed by atoms with Crippen molar-refractivity contribution < 1.29 is 9.47 Å². The predicted molar refractivity (Wildman–Crippen MR) is 75.0 cm³/mol. The molecule has 1 fully saturated rings. The minimum atomic E-state index is 0.827. The van der Waals surface area contributed by atoms with Gasteiger partial charge in [-0.3, -0.25) is 0 Å². The van der Waals surface area contributed by atoms with Crippen molar-refractivity contribution in [3.05, 3.63) is 0 Å². The molecule has 0 unspecified atom stereocenters. The standard InChI is InChI=1S/C14H30N2O2/c1-3-17-10-4-7-15-8-9-16(2)13-14-5-11-18-12-6-14/h14-15H,3-13H2,1-2H3. The van der Waals surface area contributed by atoms with Gasteiger partial charge in [-0.2, -0.15) is 0 Å². The molecule has 0 saturated carbocycles. The minimum absolute atomic E-state index is 0.827. The van der Waals surface area contributed by atoms with Gasteiger partial charge in [-0.15, -0.1) is 0 Å². The van der Waals surface area contributed by atoms with E-state index in [4.69, 9.17) is 9.47 Å². The molecule has 0 aromatic heterocycles. The fourth-order valence-corrected chi connectivity index (χ4v) is 2.30. The summed E-state index contributed by atoms with van der Waals surface area (Å²) >= 11 is 0. The number of ether oxygens (including phenoxy) is 2.